The van der Waals surface area contributed by atoms with E-state index in [1.54, 1.807) is 0 Å². The Hall–Kier alpha value is -0.560. The van der Waals surface area contributed by atoms with Gasteiger partial charge < -0.3 is 0 Å². The van der Waals surface area contributed by atoms with Gasteiger partial charge in [0.15, 0.2) is 0 Å². The molecule has 0 amide bonds. The third kappa shape index (κ3) is 3.49. The lowest BCUT2D eigenvalue weighted by Gasteiger charge is -2.11. The largest absolute Gasteiger partial charge is 0.416 e. The van der Waals surface area contributed by atoms with Gasteiger partial charge in [0, 0.05) is 4.47 Å². The molecule has 0 saturated carbocycles. The second-order valence-electron chi connectivity index (χ2n) is 2.79. The van der Waals surface area contributed by atoms with Crippen molar-refractivity contribution in [3.63, 3.8) is 0 Å². The Kier molecular flexibility index (Phi) is 3.77. The number of halogens is 4. The topological polar surface area (TPSA) is 34.1 Å². The van der Waals surface area contributed by atoms with Crippen LogP contribution >= 0.6 is 15.9 Å². The quantitative estimate of drug-likeness (QED) is 0.852. The smallest absolute Gasteiger partial charge is 0.232 e. The average molecular weight is 303 g/mol. The summed E-state index contributed by atoms with van der Waals surface area (Å²) >= 11 is 2.90. The fraction of sp³-hybridized carbons (Fsp3) is 0.250. The molecule has 84 valence electrons. The van der Waals surface area contributed by atoms with E-state index in [9.17, 15) is 21.6 Å². The fourth-order valence-corrected chi connectivity index (χ4v) is 2.00. The molecule has 0 atom stereocenters. The van der Waals surface area contributed by atoms with Crippen LogP contribution in [0.4, 0.5) is 13.2 Å². The van der Waals surface area contributed by atoms with E-state index in [2.05, 4.69) is 15.9 Å². The van der Waals surface area contributed by atoms with E-state index < -0.39 is 28.2 Å². The third-order valence-electron chi connectivity index (χ3n) is 1.68. The van der Waals surface area contributed by atoms with Crippen LogP contribution in [0, 0.1) is 0 Å². The minimum atomic E-state index is -4.54. The molecule has 0 bridgehead atoms. The normalized spacial score (nSPS) is 12.1. The van der Waals surface area contributed by atoms with Crippen LogP contribution in [0.2, 0.25) is 0 Å². The average Bonchev–Trinajstić information content (AvgIpc) is 2.05. The monoisotopic (exact) mass is 302 g/mol. The zero-order valence-corrected chi connectivity index (χ0v) is 9.70. The Morgan fingerprint density at radius 2 is 1.87 bits per heavy atom. The van der Waals surface area contributed by atoms with E-state index in [0.29, 0.717) is 0 Å². The second kappa shape index (κ2) is 4.52. The Morgan fingerprint density at radius 3 is 2.33 bits per heavy atom. The molecule has 15 heavy (non-hydrogen) atoms. The first-order chi connectivity index (χ1) is 6.80. The van der Waals surface area contributed by atoms with E-state index in [0.717, 1.165) is 12.1 Å². The molecule has 0 radical (unpaired) electrons. The van der Waals surface area contributed by atoms with Gasteiger partial charge in [-0.2, -0.15) is 13.2 Å². The molecule has 0 spiro atoms. The van der Waals surface area contributed by atoms with E-state index >= 15 is 0 Å². The predicted octanol–water partition coefficient (Wildman–Crippen LogP) is 2.58. The molecule has 0 unspecified atom stereocenters. The van der Waals surface area contributed by atoms with Crippen molar-refractivity contribution in [2.75, 3.05) is 0 Å². The molecule has 1 rings (SSSR count). The summed E-state index contributed by atoms with van der Waals surface area (Å²) < 4.78 is 58.4. The van der Waals surface area contributed by atoms with E-state index in [1.807, 2.05) is 0 Å². The van der Waals surface area contributed by atoms with Gasteiger partial charge in [0.2, 0.25) is 0 Å². The van der Waals surface area contributed by atoms with Crippen molar-refractivity contribution in [3.8, 4) is 0 Å². The zero-order valence-electron chi connectivity index (χ0n) is 7.21. The molecule has 2 nitrogen and oxygen atoms in total. The zero-order chi connectivity index (χ0) is 11.6. The summed E-state index contributed by atoms with van der Waals surface area (Å²) in [5, 5.41) is 0. The minimum absolute atomic E-state index is 0.234. The van der Waals surface area contributed by atoms with Crippen molar-refractivity contribution in [1.82, 2.24) is 0 Å². The highest BCUT2D eigenvalue weighted by Crippen LogP contribution is 2.34. The molecule has 0 aromatic heterocycles. The van der Waals surface area contributed by atoms with Crippen LogP contribution in [-0.2, 0) is 22.6 Å². The van der Waals surface area contributed by atoms with Crippen LogP contribution in [0.15, 0.2) is 22.7 Å². The number of thiol groups is 1. The molecule has 0 fully saturated rings. The maximum Gasteiger partial charge on any atom is 0.416 e. The second-order valence-corrected chi connectivity index (χ2v) is 4.69. The van der Waals surface area contributed by atoms with Crippen molar-refractivity contribution < 1.29 is 21.6 Å². The molecule has 7 heteroatoms. The van der Waals surface area contributed by atoms with Crippen LogP contribution in [0.3, 0.4) is 0 Å². The first-order valence-electron chi connectivity index (χ1n) is 3.78. The highest BCUT2D eigenvalue weighted by Gasteiger charge is 2.33. The Balaban J connectivity index is 3.26. The maximum atomic E-state index is 12.5. The van der Waals surface area contributed by atoms with Gasteiger partial charge in [0.1, 0.15) is 10.7 Å². The fourth-order valence-electron chi connectivity index (χ4n) is 1.09. The van der Waals surface area contributed by atoms with Gasteiger partial charge in [-0.1, -0.05) is 22.0 Å². The summed E-state index contributed by atoms with van der Waals surface area (Å²) in [4.78, 5) is 0. The molecule has 0 aliphatic carbocycles. The summed E-state index contributed by atoms with van der Waals surface area (Å²) in [5.41, 5.74) is -1.15. The van der Waals surface area contributed by atoms with Gasteiger partial charge >= 0.3 is 6.18 Å². The minimum Gasteiger partial charge on any atom is -0.232 e. The number of alkyl halides is 3. The van der Waals surface area contributed by atoms with Crippen molar-refractivity contribution in [1.29, 1.82) is 0 Å². The van der Waals surface area contributed by atoms with Crippen LogP contribution in [0.5, 0.6) is 0 Å². The lowest BCUT2D eigenvalue weighted by atomic mass is 10.1. The van der Waals surface area contributed by atoms with Crippen molar-refractivity contribution in [3.05, 3.63) is 33.8 Å². The SMILES string of the molecule is O=[SH](=O)Cc1ccc(Br)cc1C(F)(F)F. The first-order valence-corrected chi connectivity index (χ1v) is 5.93. The standard InChI is InChI=1S/C8H6BrF3O2S/c9-6-2-1-5(4-15(13)14)7(3-6)8(10,11)12/h1-3,15H,4H2. The van der Waals surface area contributed by atoms with Gasteiger partial charge in [0.05, 0.1) is 11.3 Å². The number of benzene rings is 1. The van der Waals surface area contributed by atoms with Crippen LogP contribution in [-0.4, -0.2) is 8.42 Å². The lowest BCUT2D eigenvalue weighted by molar-refractivity contribution is -0.138. The Morgan fingerprint density at radius 1 is 1.27 bits per heavy atom. The van der Waals surface area contributed by atoms with Gasteiger partial charge in [-0.3, -0.25) is 0 Å². The molecule has 0 N–H and O–H groups in total. The number of rotatable bonds is 2. The van der Waals surface area contributed by atoms with Crippen LogP contribution in [0.1, 0.15) is 11.1 Å². The summed E-state index contributed by atoms with van der Waals surface area (Å²) in [5.74, 6) is -0.600. The molecule has 1 aromatic carbocycles. The number of hydrogen-bond acceptors (Lipinski definition) is 2. The molecular formula is C8H6BrF3O2S. The first kappa shape index (κ1) is 12.5. The van der Waals surface area contributed by atoms with Crippen molar-refractivity contribution >= 4 is 26.6 Å². The van der Waals surface area contributed by atoms with E-state index in [4.69, 9.17) is 0 Å². The summed E-state index contributed by atoms with van der Waals surface area (Å²) in [6, 6.07) is 3.40. The molecule has 1 aromatic rings. The summed E-state index contributed by atoms with van der Waals surface area (Å²) in [6.45, 7) is 0. The van der Waals surface area contributed by atoms with Gasteiger partial charge in [-0.25, -0.2) is 8.42 Å². The highest BCUT2D eigenvalue weighted by atomic mass is 79.9. The summed E-state index contributed by atoms with van der Waals surface area (Å²) in [7, 11) is -2.87. The molecule has 0 aliphatic rings. The van der Waals surface area contributed by atoms with Crippen LogP contribution < -0.4 is 0 Å². The van der Waals surface area contributed by atoms with Crippen LogP contribution in [0.25, 0.3) is 0 Å². The third-order valence-corrected chi connectivity index (χ3v) is 2.77. The van der Waals surface area contributed by atoms with Crippen molar-refractivity contribution in [2.24, 2.45) is 0 Å². The number of hydrogen-bond donors (Lipinski definition) is 1. The highest BCUT2D eigenvalue weighted by molar-refractivity contribution is 9.10. The van der Waals surface area contributed by atoms with Gasteiger partial charge in [-0.15, -0.1) is 0 Å². The molecule has 0 heterocycles. The summed E-state index contributed by atoms with van der Waals surface area (Å²) in [6.07, 6.45) is -4.54. The maximum absolute atomic E-state index is 12.5. The Labute approximate surface area is 94.2 Å². The lowest BCUT2D eigenvalue weighted by Crippen LogP contribution is -2.09. The molecular weight excluding hydrogens is 297 g/mol. The van der Waals surface area contributed by atoms with Crippen molar-refractivity contribution in [2.45, 2.75) is 11.9 Å². The molecule has 0 saturated heterocycles. The molecule has 0 aliphatic heterocycles. The van der Waals surface area contributed by atoms with Gasteiger partial charge in [-0.05, 0) is 17.7 Å². The predicted molar refractivity (Wildman–Crippen MR) is 53.2 cm³/mol. The van der Waals surface area contributed by atoms with E-state index in [1.165, 1.54) is 6.07 Å². The van der Waals surface area contributed by atoms with Gasteiger partial charge in [0.25, 0.3) is 0 Å². The Bertz CT molecular complexity index is 432. The van der Waals surface area contributed by atoms with E-state index in [-0.39, 0.29) is 10.0 Å².